The summed E-state index contributed by atoms with van der Waals surface area (Å²) < 4.78 is 1.49. The van der Waals surface area contributed by atoms with E-state index in [9.17, 15) is 0 Å². The van der Waals surface area contributed by atoms with Gasteiger partial charge in [0, 0.05) is 4.63 Å². The predicted molar refractivity (Wildman–Crippen MR) is 54.6 cm³/mol. The zero-order valence-corrected chi connectivity index (χ0v) is 8.50. The van der Waals surface area contributed by atoms with Crippen LogP contribution < -0.4 is 0 Å². The molecule has 0 unspecified atom stereocenters. The van der Waals surface area contributed by atoms with Crippen molar-refractivity contribution >= 4 is 20.0 Å². The molecular formula is C9H13PS. The Morgan fingerprint density at radius 3 is 3.00 bits per heavy atom. The molecule has 60 valence electrons. The molecule has 1 rings (SSSR count). The van der Waals surface area contributed by atoms with Crippen molar-refractivity contribution in [3.63, 3.8) is 0 Å². The average molecular weight is 184 g/mol. The number of hydrogen-bond donors (Lipinski definition) is 0. The third-order valence-electron chi connectivity index (χ3n) is 1.39. The first-order chi connectivity index (χ1) is 5.43. The first kappa shape index (κ1) is 9.09. The molecule has 1 heterocycles. The van der Waals surface area contributed by atoms with Gasteiger partial charge in [-0.05, 0) is 24.0 Å². The third-order valence-corrected chi connectivity index (χ3v) is 3.74. The second-order valence-corrected chi connectivity index (χ2v) is 4.85. The van der Waals surface area contributed by atoms with Crippen molar-refractivity contribution in [3.8, 4) is 0 Å². The maximum Gasteiger partial charge on any atom is 0.0345 e. The maximum atomic E-state index is 2.24. The molecule has 2 heteroatoms. The van der Waals surface area contributed by atoms with Gasteiger partial charge in [-0.2, -0.15) is 0 Å². The third kappa shape index (κ3) is 3.79. The van der Waals surface area contributed by atoms with Crippen molar-refractivity contribution in [1.29, 1.82) is 0 Å². The second kappa shape index (κ2) is 5.62. The fourth-order valence-electron chi connectivity index (χ4n) is 0.754. The summed E-state index contributed by atoms with van der Waals surface area (Å²) >= 11 is 1.99. The molecule has 1 aromatic heterocycles. The largest absolute Gasteiger partial charge is 0.121 e. The summed E-state index contributed by atoms with van der Waals surface area (Å²) in [5.74, 6) is 3.46. The molecule has 0 fully saturated rings. The van der Waals surface area contributed by atoms with Crippen molar-refractivity contribution in [1.82, 2.24) is 0 Å². The summed E-state index contributed by atoms with van der Waals surface area (Å²) in [5.41, 5.74) is 0. The van der Waals surface area contributed by atoms with Crippen LogP contribution in [0.3, 0.4) is 0 Å². The van der Waals surface area contributed by atoms with Crippen molar-refractivity contribution in [2.75, 3.05) is 5.75 Å². The highest BCUT2D eigenvalue weighted by atomic mass is 32.2. The lowest BCUT2D eigenvalue weighted by Gasteiger charge is -1.97. The van der Waals surface area contributed by atoms with Crippen molar-refractivity contribution in [3.05, 3.63) is 24.0 Å². The Kier molecular flexibility index (Phi) is 4.65. The minimum atomic E-state index is 1.27. The molecule has 0 N–H and O–H groups in total. The quantitative estimate of drug-likeness (QED) is 0.500. The number of thioether (sulfide) groups is 1. The predicted octanol–water partition coefficient (Wildman–Crippen LogP) is 4.16. The van der Waals surface area contributed by atoms with E-state index in [1.807, 2.05) is 11.8 Å². The molecule has 0 aliphatic rings. The summed E-state index contributed by atoms with van der Waals surface area (Å²) in [6.07, 6.45) is 2.64. The summed E-state index contributed by atoms with van der Waals surface area (Å²) in [4.78, 5) is 0. The first-order valence-electron chi connectivity index (χ1n) is 3.97. The van der Waals surface area contributed by atoms with E-state index in [0.717, 1.165) is 0 Å². The van der Waals surface area contributed by atoms with Crippen LogP contribution in [0.1, 0.15) is 19.8 Å². The van der Waals surface area contributed by atoms with Crippen molar-refractivity contribution < 1.29 is 0 Å². The van der Waals surface area contributed by atoms with Crippen LogP contribution in [-0.4, -0.2) is 5.75 Å². The Balaban J connectivity index is 2.28. The van der Waals surface area contributed by atoms with Gasteiger partial charge in [0.25, 0.3) is 0 Å². The molecule has 0 radical (unpaired) electrons. The molecule has 0 bridgehead atoms. The highest BCUT2D eigenvalue weighted by Gasteiger charge is 1.90. The Labute approximate surface area is 74.5 Å². The fourth-order valence-corrected chi connectivity index (χ4v) is 2.83. The topological polar surface area (TPSA) is 0 Å². The van der Waals surface area contributed by atoms with Gasteiger partial charge >= 0.3 is 0 Å². The molecular weight excluding hydrogens is 171 g/mol. The SMILES string of the molecule is CCCCSc1ccccp1. The maximum absolute atomic E-state index is 2.24. The Bertz CT molecular complexity index is 186. The van der Waals surface area contributed by atoms with Crippen molar-refractivity contribution in [2.24, 2.45) is 0 Å². The van der Waals surface area contributed by atoms with Crippen LogP contribution in [0.15, 0.2) is 28.6 Å². The van der Waals surface area contributed by atoms with E-state index in [2.05, 4.69) is 30.9 Å². The second-order valence-electron chi connectivity index (χ2n) is 2.37. The standard InChI is InChI=1S/C9H13PS/c1-2-3-8-11-9-6-4-5-7-10-9/h4-7H,2-3,8H2,1H3. The van der Waals surface area contributed by atoms with Crippen LogP contribution in [0.4, 0.5) is 0 Å². The number of rotatable bonds is 4. The molecule has 0 aliphatic carbocycles. The van der Waals surface area contributed by atoms with Gasteiger partial charge in [-0.15, -0.1) is 11.8 Å². The Hall–Kier alpha value is -0.0000000000000000555. The highest BCUT2D eigenvalue weighted by molar-refractivity contribution is 8.01. The van der Waals surface area contributed by atoms with E-state index >= 15 is 0 Å². The van der Waals surface area contributed by atoms with Crippen LogP contribution in [0.2, 0.25) is 0 Å². The number of hydrogen-bond acceptors (Lipinski definition) is 1. The molecule has 11 heavy (non-hydrogen) atoms. The molecule has 0 spiro atoms. The van der Waals surface area contributed by atoms with Crippen LogP contribution in [0.25, 0.3) is 0 Å². The van der Waals surface area contributed by atoms with Crippen LogP contribution >= 0.6 is 20.0 Å². The van der Waals surface area contributed by atoms with E-state index < -0.39 is 0 Å². The zero-order valence-electron chi connectivity index (χ0n) is 6.79. The monoisotopic (exact) mass is 184 g/mol. The minimum absolute atomic E-state index is 1.27. The zero-order chi connectivity index (χ0) is 7.94. The number of unbranched alkanes of at least 4 members (excludes halogenated alkanes) is 1. The van der Waals surface area contributed by atoms with Crippen LogP contribution in [-0.2, 0) is 0 Å². The Morgan fingerprint density at radius 2 is 2.36 bits per heavy atom. The summed E-state index contributed by atoms with van der Waals surface area (Å²) in [7, 11) is 1.37. The van der Waals surface area contributed by atoms with Crippen LogP contribution in [0.5, 0.6) is 0 Å². The molecule has 0 saturated heterocycles. The van der Waals surface area contributed by atoms with Gasteiger partial charge in [0.05, 0.1) is 0 Å². The fraction of sp³-hybridized carbons (Fsp3) is 0.444. The van der Waals surface area contributed by atoms with Gasteiger partial charge < -0.3 is 0 Å². The van der Waals surface area contributed by atoms with E-state index in [1.165, 1.54) is 31.4 Å². The molecule has 0 nitrogen and oxygen atoms in total. The minimum Gasteiger partial charge on any atom is -0.121 e. The van der Waals surface area contributed by atoms with Gasteiger partial charge in [0.2, 0.25) is 0 Å². The van der Waals surface area contributed by atoms with E-state index in [0.29, 0.717) is 0 Å². The first-order valence-corrected chi connectivity index (χ1v) is 5.92. The molecule has 0 amide bonds. The van der Waals surface area contributed by atoms with E-state index in [-0.39, 0.29) is 0 Å². The van der Waals surface area contributed by atoms with Gasteiger partial charge in [0.1, 0.15) is 0 Å². The lowest BCUT2D eigenvalue weighted by atomic mass is 10.4. The molecule has 0 saturated carbocycles. The van der Waals surface area contributed by atoms with Crippen molar-refractivity contribution in [2.45, 2.75) is 24.4 Å². The molecule has 0 aromatic carbocycles. The lowest BCUT2D eigenvalue weighted by Crippen LogP contribution is -1.74. The lowest BCUT2D eigenvalue weighted by molar-refractivity contribution is 0.896. The van der Waals surface area contributed by atoms with Gasteiger partial charge in [-0.1, -0.05) is 33.7 Å². The Morgan fingerprint density at radius 1 is 1.45 bits per heavy atom. The smallest absolute Gasteiger partial charge is 0.0345 e. The average Bonchev–Trinajstić information content (AvgIpc) is 2.07. The normalized spacial score (nSPS) is 10.6. The highest BCUT2D eigenvalue weighted by Crippen LogP contribution is 2.26. The summed E-state index contributed by atoms with van der Waals surface area (Å²) in [6, 6.07) is 6.43. The molecule has 0 atom stereocenters. The van der Waals surface area contributed by atoms with Crippen LogP contribution in [0, 0.1) is 0 Å². The van der Waals surface area contributed by atoms with Gasteiger partial charge in [0.15, 0.2) is 0 Å². The van der Waals surface area contributed by atoms with E-state index in [1.54, 1.807) is 0 Å². The van der Waals surface area contributed by atoms with E-state index in [4.69, 9.17) is 0 Å². The molecule has 1 aromatic rings. The molecule has 0 aliphatic heterocycles. The summed E-state index contributed by atoms with van der Waals surface area (Å²) in [6.45, 7) is 2.24. The van der Waals surface area contributed by atoms with Gasteiger partial charge in [-0.3, -0.25) is 0 Å². The summed E-state index contributed by atoms with van der Waals surface area (Å²) in [5, 5.41) is 0. The van der Waals surface area contributed by atoms with Gasteiger partial charge in [-0.25, -0.2) is 0 Å².